The van der Waals surface area contributed by atoms with Crippen molar-refractivity contribution >= 4 is 35.6 Å². The lowest BCUT2D eigenvalue weighted by atomic mass is 9.79. The number of halogens is 2. The van der Waals surface area contributed by atoms with Crippen molar-refractivity contribution in [2.75, 3.05) is 25.1 Å². The Balaban J connectivity index is 0.00000200. The zero-order chi connectivity index (χ0) is 13.9. The molecule has 0 spiro atoms. The number of ether oxygens (including phenoxy) is 1. The van der Waals surface area contributed by atoms with E-state index in [-0.39, 0.29) is 18.3 Å². The molecule has 3 N–H and O–H groups in total. The van der Waals surface area contributed by atoms with E-state index < -0.39 is 5.41 Å². The smallest absolute Gasteiger partial charge is 0.232 e. The molecule has 0 unspecified atom stereocenters. The van der Waals surface area contributed by atoms with Crippen molar-refractivity contribution in [2.24, 2.45) is 11.1 Å². The van der Waals surface area contributed by atoms with Crippen LogP contribution in [0, 0.1) is 12.3 Å². The number of carbonyl (C=O) groups excluding carboxylic acids is 1. The summed E-state index contributed by atoms with van der Waals surface area (Å²) in [6.45, 7) is 3.39. The number of carbonyl (C=O) groups is 1. The number of hydrogen-bond acceptors (Lipinski definition) is 3. The summed E-state index contributed by atoms with van der Waals surface area (Å²) in [6, 6.07) is 5.48. The van der Waals surface area contributed by atoms with Gasteiger partial charge in [-0.1, -0.05) is 17.7 Å². The molecule has 112 valence electrons. The van der Waals surface area contributed by atoms with Gasteiger partial charge in [0.1, 0.15) is 0 Å². The molecule has 0 bridgehead atoms. The molecule has 2 rings (SSSR count). The van der Waals surface area contributed by atoms with Gasteiger partial charge in [0.15, 0.2) is 0 Å². The number of hydrogen-bond donors (Lipinski definition) is 2. The monoisotopic (exact) mass is 318 g/mol. The number of rotatable bonds is 3. The second-order valence-electron chi connectivity index (χ2n) is 4.96. The lowest BCUT2D eigenvalue weighted by Crippen LogP contribution is -2.46. The molecule has 1 aliphatic heterocycles. The molecule has 1 amide bonds. The Morgan fingerprint density at radius 1 is 1.45 bits per heavy atom. The summed E-state index contributed by atoms with van der Waals surface area (Å²) in [7, 11) is 0. The van der Waals surface area contributed by atoms with E-state index >= 15 is 0 Å². The van der Waals surface area contributed by atoms with Crippen molar-refractivity contribution in [2.45, 2.75) is 19.8 Å². The third kappa shape index (κ3) is 3.44. The highest BCUT2D eigenvalue weighted by molar-refractivity contribution is 6.31. The van der Waals surface area contributed by atoms with E-state index in [0.29, 0.717) is 37.6 Å². The summed E-state index contributed by atoms with van der Waals surface area (Å²) >= 11 is 6.06. The molecule has 1 aliphatic rings. The molecule has 20 heavy (non-hydrogen) atoms. The van der Waals surface area contributed by atoms with E-state index in [2.05, 4.69) is 5.32 Å². The number of amides is 1. The third-order valence-corrected chi connectivity index (χ3v) is 4.25. The lowest BCUT2D eigenvalue weighted by Gasteiger charge is -2.34. The molecule has 0 aromatic heterocycles. The minimum atomic E-state index is -0.521. The predicted octanol–water partition coefficient (Wildman–Crippen LogP) is 2.76. The van der Waals surface area contributed by atoms with Gasteiger partial charge in [0, 0.05) is 30.5 Å². The minimum Gasteiger partial charge on any atom is -0.381 e. The van der Waals surface area contributed by atoms with E-state index in [0.717, 1.165) is 11.3 Å². The molecule has 1 aromatic carbocycles. The van der Waals surface area contributed by atoms with Gasteiger partial charge in [-0.05, 0) is 37.5 Å². The van der Waals surface area contributed by atoms with E-state index in [1.54, 1.807) is 6.07 Å². The van der Waals surface area contributed by atoms with Crippen LogP contribution in [0.4, 0.5) is 5.69 Å². The molecule has 4 nitrogen and oxygen atoms in total. The van der Waals surface area contributed by atoms with Gasteiger partial charge >= 0.3 is 0 Å². The molecule has 0 radical (unpaired) electrons. The van der Waals surface area contributed by atoms with Gasteiger partial charge in [0.05, 0.1) is 5.41 Å². The van der Waals surface area contributed by atoms with Crippen molar-refractivity contribution in [3.8, 4) is 0 Å². The molecular formula is C14H20Cl2N2O2. The Bertz CT molecular complexity index is 474. The van der Waals surface area contributed by atoms with Gasteiger partial charge < -0.3 is 15.8 Å². The fraction of sp³-hybridized carbons (Fsp3) is 0.500. The van der Waals surface area contributed by atoms with Gasteiger partial charge in [-0.25, -0.2) is 0 Å². The van der Waals surface area contributed by atoms with Crippen LogP contribution in [-0.4, -0.2) is 25.7 Å². The van der Waals surface area contributed by atoms with Crippen LogP contribution in [0.15, 0.2) is 18.2 Å². The number of nitrogens with one attached hydrogen (secondary N) is 1. The van der Waals surface area contributed by atoms with Gasteiger partial charge in [-0.2, -0.15) is 0 Å². The summed E-state index contributed by atoms with van der Waals surface area (Å²) in [5, 5.41) is 3.60. The summed E-state index contributed by atoms with van der Waals surface area (Å²) < 4.78 is 5.31. The number of anilines is 1. The van der Waals surface area contributed by atoms with Crippen LogP contribution in [-0.2, 0) is 9.53 Å². The van der Waals surface area contributed by atoms with Gasteiger partial charge in [0.2, 0.25) is 5.91 Å². The second kappa shape index (κ2) is 7.27. The molecular weight excluding hydrogens is 299 g/mol. The van der Waals surface area contributed by atoms with Crippen LogP contribution in [0.2, 0.25) is 5.02 Å². The van der Waals surface area contributed by atoms with Gasteiger partial charge in [-0.15, -0.1) is 12.4 Å². The zero-order valence-corrected chi connectivity index (χ0v) is 13.0. The van der Waals surface area contributed by atoms with E-state index in [4.69, 9.17) is 22.1 Å². The maximum atomic E-state index is 12.5. The van der Waals surface area contributed by atoms with Crippen LogP contribution >= 0.6 is 24.0 Å². The Hall–Kier alpha value is -0.810. The standard InChI is InChI=1S/C14H19ClN2O2.ClH/c1-10-11(15)3-2-4-12(10)17-13(18)14(9-16)5-7-19-8-6-14;/h2-4H,5-9,16H2,1H3,(H,17,18);1H. The first-order valence-corrected chi connectivity index (χ1v) is 6.81. The molecule has 6 heteroatoms. The Morgan fingerprint density at radius 3 is 2.70 bits per heavy atom. The maximum absolute atomic E-state index is 12.5. The molecule has 0 saturated carbocycles. The second-order valence-corrected chi connectivity index (χ2v) is 5.37. The highest BCUT2D eigenvalue weighted by atomic mass is 35.5. The lowest BCUT2D eigenvalue weighted by molar-refractivity contribution is -0.130. The highest BCUT2D eigenvalue weighted by Crippen LogP contribution is 2.32. The normalized spacial score (nSPS) is 17.1. The molecule has 0 atom stereocenters. The van der Waals surface area contributed by atoms with Crippen molar-refractivity contribution in [3.63, 3.8) is 0 Å². The number of nitrogens with two attached hydrogens (primary N) is 1. The van der Waals surface area contributed by atoms with E-state index in [9.17, 15) is 4.79 Å². The minimum absolute atomic E-state index is 0. The molecule has 1 heterocycles. The average molecular weight is 319 g/mol. The maximum Gasteiger partial charge on any atom is 0.232 e. The summed E-state index contributed by atoms with van der Waals surface area (Å²) in [6.07, 6.45) is 1.32. The van der Waals surface area contributed by atoms with E-state index in [1.807, 2.05) is 19.1 Å². The zero-order valence-electron chi connectivity index (χ0n) is 11.4. The van der Waals surface area contributed by atoms with E-state index in [1.165, 1.54) is 0 Å². The first-order chi connectivity index (χ1) is 9.09. The van der Waals surface area contributed by atoms with Crippen molar-refractivity contribution in [3.05, 3.63) is 28.8 Å². The first-order valence-electron chi connectivity index (χ1n) is 6.43. The Morgan fingerprint density at radius 2 is 2.10 bits per heavy atom. The van der Waals surface area contributed by atoms with Crippen molar-refractivity contribution < 1.29 is 9.53 Å². The fourth-order valence-electron chi connectivity index (χ4n) is 2.28. The van der Waals surface area contributed by atoms with Crippen LogP contribution < -0.4 is 11.1 Å². The predicted molar refractivity (Wildman–Crippen MR) is 83.6 cm³/mol. The van der Waals surface area contributed by atoms with Crippen LogP contribution in [0.25, 0.3) is 0 Å². The number of benzene rings is 1. The fourth-order valence-corrected chi connectivity index (χ4v) is 2.46. The Labute approximate surface area is 130 Å². The molecule has 0 aliphatic carbocycles. The molecule has 1 aromatic rings. The summed E-state index contributed by atoms with van der Waals surface area (Å²) in [5.74, 6) is -0.0383. The topological polar surface area (TPSA) is 64.4 Å². The molecule has 1 fully saturated rings. The van der Waals surface area contributed by atoms with Crippen LogP contribution in [0.5, 0.6) is 0 Å². The molecule has 1 saturated heterocycles. The largest absolute Gasteiger partial charge is 0.381 e. The van der Waals surface area contributed by atoms with Gasteiger partial charge in [0.25, 0.3) is 0 Å². The van der Waals surface area contributed by atoms with Crippen molar-refractivity contribution in [1.29, 1.82) is 0 Å². The highest BCUT2D eigenvalue weighted by Gasteiger charge is 2.38. The SMILES string of the molecule is Cc1c(Cl)cccc1NC(=O)C1(CN)CCOCC1.Cl. The van der Waals surface area contributed by atoms with Crippen molar-refractivity contribution in [1.82, 2.24) is 0 Å². The quantitative estimate of drug-likeness (QED) is 0.900. The van der Waals surface area contributed by atoms with Crippen LogP contribution in [0.3, 0.4) is 0 Å². The third-order valence-electron chi connectivity index (χ3n) is 3.84. The Kier molecular flexibility index (Phi) is 6.27. The average Bonchev–Trinajstić information content (AvgIpc) is 2.44. The summed E-state index contributed by atoms with van der Waals surface area (Å²) in [4.78, 5) is 12.5. The van der Waals surface area contributed by atoms with Gasteiger partial charge in [-0.3, -0.25) is 4.79 Å². The first kappa shape index (κ1) is 17.2. The summed E-state index contributed by atoms with van der Waals surface area (Å²) in [5.41, 5.74) is 6.92. The van der Waals surface area contributed by atoms with Crippen LogP contribution in [0.1, 0.15) is 18.4 Å².